The number of carbonyl (C=O) groups excluding carboxylic acids is 1. The Kier molecular flexibility index (Phi) is 4.19. The Morgan fingerprint density at radius 3 is 2.55 bits per heavy atom. The summed E-state index contributed by atoms with van der Waals surface area (Å²) >= 11 is 0. The van der Waals surface area contributed by atoms with E-state index in [1.165, 1.54) is 0 Å². The van der Waals surface area contributed by atoms with E-state index in [-0.39, 0.29) is 37.0 Å². The molecule has 8 heteroatoms. The Hall–Kier alpha value is -2.12. The molecular formula is C21H23F4N3O. The van der Waals surface area contributed by atoms with Crippen LogP contribution in [-0.4, -0.2) is 27.7 Å². The fraction of sp³-hybridized carbons (Fsp3) is 0.619. The molecule has 3 saturated carbocycles. The maximum absolute atomic E-state index is 13.3. The van der Waals surface area contributed by atoms with Crippen molar-refractivity contribution >= 4 is 16.9 Å². The van der Waals surface area contributed by atoms with Crippen molar-refractivity contribution in [2.75, 3.05) is 0 Å². The number of nitrogens with zero attached hydrogens (tertiary/aromatic N) is 1. The minimum atomic E-state index is -2.60. The zero-order valence-electron chi connectivity index (χ0n) is 15.9. The molecule has 156 valence electrons. The Morgan fingerprint density at radius 1 is 1.14 bits per heavy atom. The van der Waals surface area contributed by atoms with Crippen LogP contribution < -0.4 is 5.32 Å². The van der Waals surface area contributed by atoms with Gasteiger partial charge in [-0.3, -0.25) is 4.79 Å². The predicted molar refractivity (Wildman–Crippen MR) is 98.6 cm³/mol. The van der Waals surface area contributed by atoms with Crippen LogP contribution in [0.15, 0.2) is 18.2 Å². The highest BCUT2D eigenvalue weighted by atomic mass is 19.3. The highest BCUT2D eigenvalue weighted by Crippen LogP contribution is 2.65. The normalized spacial score (nSPS) is 29.4. The zero-order chi connectivity index (χ0) is 20.4. The summed E-state index contributed by atoms with van der Waals surface area (Å²) in [6.45, 7) is 0.327. The van der Waals surface area contributed by atoms with Gasteiger partial charge in [-0.2, -0.15) is 0 Å². The molecule has 29 heavy (non-hydrogen) atoms. The first kappa shape index (κ1) is 18.9. The van der Waals surface area contributed by atoms with Gasteiger partial charge in [-0.1, -0.05) is 6.07 Å². The van der Waals surface area contributed by atoms with Crippen molar-refractivity contribution in [1.82, 2.24) is 15.3 Å². The average Bonchev–Trinajstić information content (AvgIpc) is 3.02. The second-order valence-electron chi connectivity index (χ2n) is 9.08. The van der Waals surface area contributed by atoms with Crippen molar-refractivity contribution in [3.05, 3.63) is 29.6 Å². The number of amides is 1. The predicted octanol–water partition coefficient (Wildman–Crippen LogP) is 4.45. The standard InChI is InChI=1S/C21H23F4N3O/c22-20(23)8-13(9-20)7-19(29)26-10-11-1-2-16-17(5-11)28-18(27-16)6-12-3-14-15(4-12)21(14,24)25/h1-2,5,12-15H,3-4,6-10H2,(H,26,29)(H,27,28)/t12?,14-,15?/m1/s1. The van der Waals surface area contributed by atoms with Gasteiger partial charge in [-0.25, -0.2) is 22.5 Å². The van der Waals surface area contributed by atoms with Crippen LogP contribution in [0.3, 0.4) is 0 Å². The van der Waals surface area contributed by atoms with Crippen LogP contribution in [0.2, 0.25) is 0 Å². The maximum Gasteiger partial charge on any atom is 0.254 e. The molecule has 0 saturated heterocycles. The molecule has 0 radical (unpaired) electrons. The second kappa shape index (κ2) is 6.44. The smallest absolute Gasteiger partial charge is 0.254 e. The number of nitrogens with one attached hydrogen (secondary N) is 2. The number of aromatic amines is 1. The number of alkyl halides is 4. The van der Waals surface area contributed by atoms with Crippen molar-refractivity contribution in [1.29, 1.82) is 0 Å². The summed E-state index contributed by atoms with van der Waals surface area (Å²) in [5.74, 6) is -5.30. The molecule has 3 aliphatic rings. The van der Waals surface area contributed by atoms with Crippen LogP contribution in [0.1, 0.15) is 43.5 Å². The topological polar surface area (TPSA) is 57.8 Å². The van der Waals surface area contributed by atoms with E-state index in [0.717, 1.165) is 22.4 Å². The maximum atomic E-state index is 13.3. The summed E-state index contributed by atoms with van der Waals surface area (Å²) in [7, 11) is 0. The van der Waals surface area contributed by atoms with Gasteiger partial charge in [0, 0.05) is 44.1 Å². The van der Waals surface area contributed by atoms with Crippen LogP contribution >= 0.6 is 0 Å². The minimum absolute atomic E-state index is 0.133. The lowest BCUT2D eigenvalue weighted by Gasteiger charge is -2.34. The van der Waals surface area contributed by atoms with E-state index >= 15 is 0 Å². The molecule has 3 atom stereocenters. The highest BCUT2D eigenvalue weighted by molar-refractivity contribution is 5.78. The lowest BCUT2D eigenvalue weighted by Crippen LogP contribution is -2.38. The van der Waals surface area contributed by atoms with E-state index in [1.54, 1.807) is 0 Å². The molecule has 2 N–H and O–H groups in total. The molecular weight excluding hydrogens is 386 g/mol. The number of hydrogen-bond donors (Lipinski definition) is 2. The number of rotatable bonds is 6. The van der Waals surface area contributed by atoms with Crippen molar-refractivity contribution in [2.24, 2.45) is 23.7 Å². The third-order valence-corrected chi connectivity index (χ3v) is 6.76. The molecule has 2 unspecified atom stereocenters. The number of hydrogen-bond acceptors (Lipinski definition) is 2. The fourth-order valence-corrected chi connectivity index (χ4v) is 5.14. The van der Waals surface area contributed by atoms with Crippen molar-refractivity contribution < 1.29 is 22.4 Å². The fourth-order valence-electron chi connectivity index (χ4n) is 5.14. The SMILES string of the molecule is O=C(CC1CC(F)(F)C1)NCc1ccc2nc(CC3CC4[C@@H](C3)C4(F)F)[nH]c2c1. The Balaban J connectivity index is 1.14. The second-order valence-corrected chi connectivity index (χ2v) is 9.08. The summed E-state index contributed by atoms with van der Waals surface area (Å²) in [6, 6.07) is 5.64. The van der Waals surface area contributed by atoms with E-state index in [9.17, 15) is 22.4 Å². The number of halogens is 4. The third kappa shape index (κ3) is 3.62. The number of fused-ring (bicyclic) bond motifs is 2. The van der Waals surface area contributed by atoms with Gasteiger partial charge in [0.25, 0.3) is 5.92 Å². The average molecular weight is 409 g/mol. The lowest BCUT2D eigenvalue weighted by molar-refractivity contribution is -0.133. The molecule has 1 aromatic heterocycles. The molecule has 2 aromatic rings. The summed E-state index contributed by atoms with van der Waals surface area (Å²) in [4.78, 5) is 19.8. The zero-order valence-corrected chi connectivity index (χ0v) is 15.9. The van der Waals surface area contributed by atoms with Gasteiger partial charge in [0.15, 0.2) is 0 Å². The monoisotopic (exact) mass is 409 g/mol. The summed E-state index contributed by atoms with van der Waals surface area (Å²) in [6.07, 6.45) is 1.54. The van der Waals surface area contributed by atoms with E-state index in [2.05, 4.69) is 15.3 Å². The summed E-state index contributed by atoms with van der Waals surface area (Å²) < 4.78 is 52.4. The first-order chi connectivity index (χ1) is 13.7. The summed E-state index contributed by atoms with van der Waals surface area (Å²) in [5, 5.41) is 2.78. The first-order valence-electron chi connectivity index (χ1n) is 10.2. The van der Waals surface area contributed by atoms with Crippen molar-refractivity contribution in [3.63, 3.8) is 0 Å². The van der Waals surface area contributed by atoms with E-state index in [4.69, 9.17) is 0 Å². The molecule has 5 rings (SSSR count). The van der Waals surface area contributed by atoms with Crippen molar-refractivity contribution in [2.45, 2.75) is 56.9 Å². The molecule has 0 aliphatic heterocycles. The molecule has 0 spiro atoms. The Morgan fingerprint density at radius 2 is 1.86 bits per heavy atom. The van der Waals surface area contributed by atoms with Gasteiger partial charge in [-0.15, -0.1) is 0 Å². The quantitative estimate of drug-likeness (QED) is 0.693. The highest BCUT2D eigenvalue weighted by Gasteiger charge is 2.71. The number of benzene rings is 1. The number of aromatic nitrogens is 2. The molecule has 1 heterocycles. The van der Waals surface area contributed by atoms with Crippen LogP contribution in [0.25, 0.3) is 11.0 Å². The largest absolute Gasteiger partial charge is 0.352 e. The van der Waals surface area contributed by atoms with Gasteiger partial charge in [0.1, 0.15) is 5.82 Å². The van der Waals surface area contributed by atoms with E-state index in [0.29, 0.717) is 25.8 Å². The minimum Gasteiger partial charge on any atom is -0.352 e. The van der Waals surface area contributed by atoms with Crippen molar-refractivity contribution in [3.8, 4) is 0 Å². The molecule has 1 aromatic carbocycles. The third-order valence-electron chi connectivity index (χ3n) is 6.76. The lowest BCUT2D eigenvalue weighted by atomic mass is 9.79. The number of carbonyl (C=O) groups is 1. The van der Waals surface area contributed by atoms with E-state index in [1.807, 2.05) is 18.2 Å². The first-order valence-corrected chi connectivity index (χ1v) is 10.2. The molecule has 0 bridgehead atoms. The van der Waals surface area contributed by atoms with Crippen LogP contribution in [0.5, 0.6) is 0 Å². The number of H-pyrrole nitrogens is 1. The Labute approximate surface area is 165 Å². The van der Waals surface area contributed by atoms with Crippen LogP contribution in [-0.2, 0) is 17.8 Å². The molecule has 3 fully saturated rings. The summed E-state index contributed by atoms with van der Waals surface area (Å²) in [5.41, 5.74) is 2.54. The Bertz CT molecular complexity index is 935. The molecule has 4 nitrogen and oxygen atoms in total. The van der Waals surface area contributed by atoms with Gasteiger partial charge >= 0.3 is 0 Å². The van der Waals surface area contributed by atoms with Crippen LogP contribution in [0.4, 0.5) is 17.6 Å². The van der Waals surface area contributed by atoms with Gasteiger partial charge in [-0.05, 0) is 42.4 Å². The van der Waals surface area contributed by atoms with Crippen LogP contribution in [0, 0.1) is 23.7 Å². The number of imidazole rings is 1. The molecule has 1 amide bonds. The van der Waals surface area contributed by atoms with Gasteiger partial charge in [0.05, 0.1) is 11.0 Å². The van der Waals surface area contributed by atoms with Gasteiger partial charge in [0.2, 0.25) is 11.8 Å². The molecule has 3 aliphatic carbocycles. The van der Waals surface area contributed by atoms with E-state index < -0.39 is 23.7 Å². The van der Waals surface area contributed by atoms with Gasteiger partial charge < -0.3 is 10.3 Å².